The summed E-state index contributed by atoms with van der Waals surface area (Å²) in [6.45, 7) is 3.49. The van der Waals surface area contributed by atoms with Crippen LogP contribution in [-0.2, 0) is 0 Å². The molecule has 2 aromatic heterocycles. The number of nitrogens with one attached hydrogen (secondary N) is 1. The van der Waals surface area contributed by atoms with Crippen molar-refractivity contribution in [2.75, 3.05) is 32.8 Å². The first-order chi connectivity index (χ1) is 14.8. The van der Waals surface area contributed by atoms with Crippen LogP contribution in [0.3, 0.4) is 0 Å². The highest BCUT2D eigenvalue weighted by atomic mass is 16.6. The fourth-order valence-electron chi connectivity index (χ4n) is 3.94. The number of amides is 1. The van der Waals surface area contributed by atoms with E-state index in [0.717, 1.165) is 37.3 Å². The summed E-state index contributed by atoms with van der Waals surface area (Å²) in [4.78, 5) is 15.0. The van der Waals surface area contributed by atoms with Crippen molar-refractivity contribution in [1.82, 2.24) is 15.4 Å². The lowest BCUT2D eigenvalue weighted by atomic mass is 10.1. The second kappa shape index (κ2) is 8.23. The molecule has 1 atom stereocenters. The molecule has 8 heteroatoms. The third-order valence-corrected chi connectivity index (χ3v) is 5.48. The van der Waals surface area contributed by atoms with Gasteiger partial charge in [-0.1, -0.05) is 5.16 Å². The minimum Gasteiger partial charge on any atom is -0.486 e. The Morgan fingerprint density at radius 2 is 1.93 bits per heavy atom. The van der Waals surface area contributed by atoms with Crippen LogP contribution in [0.1, 0.15) is 35.1 Å². The van der Waals surface area contributed by atoms with Crippen LogP contribution in [-0.4, -0.2) is 48.8 Å². The molecule has 2 aliphatic heterocycles. The minimum atomic E-state index is -0.279. The summed E-state index contributed by atoms with van der Waals surface area (Å²) >= 11 is 0. The van der Waals surface area contributed by atoms with E-state index in [1.807, 2.05) is 30.3 Å². The lowest BCUT2D eigenvalue weighted by Crippen LogP contribution is -2.36. The van der Waals surface area contributed by atoms with Gasteiger partial charge in [-0.05, 0) is 56.3 Å². The molecule has 156 valence electrons. The Balaban J connectivity index is 1.27. The first-order valence-corrected chi connectivity index (χ1v) is 10.2. The lowest BCUT2D eigenvalue weighted by Gasteiger charge is -2.25. The fraction of sp³-hybridized carbons (Fsp3) is 0.364. The zero-order valence-electron chi connectivity index (χ0n) is 16.5. The average molecular weight is 409 g/mol. The van der Waals surface area contributed by atoms with E-state index in [-0.39, 0.29) is 17.6 Å². The number of rotatable bonds is 6. The Bertz CT molecular complexity index is 1010. The van der Waals surface area contributed by atoms with Gasteiger partial charge >= 0.3 is 0 Å². The molecule has 2 aliphatic rings. The van der Waals surface area contributed by atoms with E-state index in [0.29, 0.717) is 37.0 Å². The summed E-state index contributed by atoms with van der Waals surface area (Å²) in [5, 5.41) is 6.92. The maximum absolute atomic E-state index is 12.7. The molecule has 0 saturated carbocycles. The first-order valence-electron chi connectivity index (χ1n) is 10.2. The van der Waals surface area contributed by atoms with E-state index in [4.69, 9.17) is 18.4 Å². The zero-order valence-corrected chi connectivity index (χ0v) is 16.5. The van der Waals surface area contributed by atoms with Gasteiger partial charge in [0.15, 0.2) is 23.0 Å². The van der Waals surface area contributed by atoms with Crippen LogP contribution >= 0.6 is 0 Å². The number of benzene rings is 1. The summed E-state index contributed by atoms with van der Waals surface area (Å²) in [7, 11) is 0. The largest absolute Gasteiger partial charge is 0.486 e. The number of hydrogen-bond acceptors (Lipinski definition) is 7. The molecule has 8 nitrogen and oxygen atoms in total. The van der Waals surface area contributed by atoms with Gasteiger partial charge in [0, 0.05) is 18.2 Å². The van der Waals surface area contributed by atoms with Gasteiger partial charge < -0.3 is 23.7 Å². The molecule has 1 fully saturated rings. The van der Waals surface area contributed by atoms with Crippen molar-refractivity contribution in [2.24, 2.45) is 0 Å². The summed E-state index contributed by atoms with van der Waals surface area (Å²) in [6, 6.07) is 11.0. The highest BCUT2D eigenvalue weighted by Gasteiger charge is 2.26. The van der Waals surface area contributed by atoms with Gasteiger partial charge in [-0.25, -0.2) is 0 Å². The molecular weight excluding hydrogens is 386 g/mol. The SMILES string of the molecule is O=C(NCC(c1ccco1)N1CCCC1)c1cc(-c2ccc3c(c2)OCCO3)on1. The van der Waals surface area contributed by atoms with Crippen molar-refractivity contribution in [1.29, 1.82) is 0 Å². The lowest BCUT2D eigenvalue weighted by molar-refractivity contribution is 0.0925. The number of carbonyl (C=O) groups is 1. The highest BCUT2D eigenvalue weighted by Crippen LogP contribution is 2.34. The molecule has 5 rings (SSSR count). The smallest absolute Gasteiger partial charge is 0.273 e. The molecule has 0 radical (unpaired) electrons. The van der Waals surface area contributed by atoms with Crippen LogP contribution in [0.5, 0.6) is 11.5 Å². The van der Waals surface area contributed by atoms with Gasteiger partial charge in [-0.15, -0.1) is 0 Å². The molecule has 3 aromatic rings. The molecule has 1 N–H and O–H groups in total. The van der Waals surface area contributed by atoms with E-state index >= 15 is 0 Å². The fourth-order valence-corrected chi connectivity index (χ4v) is 3.94. The summed E-state index contributed by atoms with van der Waals surface area (Å²) in [5.41, 5.74) is 1.01. The normalized spacial score (nSPS) is 17.1. The van der Waals surface area contributed by atoms with Crippen molar-refractivity contribution in [3.05, 3.63) is 54.1 Å². The third kappa shape index (κ3) is 3.78. The van der Waals surface area contributed by atoms with E-state index in [9.17, 15) is 4.79 Å². The monoisotopic (exact) mass is 409 g/mol. The predicted molar refractivity (Wildman–Crippen MR) is 108 cm³/mol. The van der Waals surface area contributed by atoms with Crippen LogP contribution in [0.25, 0.3) is 11.3 Å². The van der Waals surface area contributed by atoms with E-state index in [1.54, 1.807) is 12.3 Å². The molecule has 30 heavy (non-hydrogen) atoms. The van der Waals surface area contributed by atoms with Gasteiger partial charge in [0.1, 0.15) is 19.0 Å². The molecular formula is C22H23N3O5. The second-order valence-electron chi connectivity index (χ2n) is 7.42. The predicted octanol–water partition coefficient (Wildman–Crippen LogP) is 3.27. The average Bonchev–Trinajstić information content (AvgIpc) is 3.56. The second-order valence-corrected chi connectivity index (χ2v) is 7.42. The number of likely N-dealkylation sites (tertiary alicyclic amines) is 1. The summed E-state index contributed by atoms with van der Waals surface area (Å²) < 4.78 is 22.2. The zero-order chi connectivity index (χ0) is 20.3. The Labute approximate surface area is 173 Å². The Hall–Kier alpha value is -3.26. The van der Waals surface area contributed by atoms with Gasteiger partial charge in [0.2, 0.25) is 0 Å². The Morgan fingerprint density at radius 1 is 1.10 bits per heavy atom. The highest BCUT2D eigenvalue weighted by molar-refractivity contribution is 5.93. The van der Waals surface area contributed by atoms with Crippen LogP contribution in [0.15, 0.2) is 51.6 Å². The molecule has 1 saturated heterocycles. The molecule has 1 unspecified atom stereocenters. The molecule has 0 spiro atoms. The summed E-state index contributed by atoms with van der Waals surface area (Å²) in [5.74, 6) is 2.44. The van der Waals surface area contributed by atoms with E-state index in [1.165, 1.54) is 0 Å². The third-order valence-electron chi connectivity index (χ3n) is 5.48. The standard InChI is InChI=1S/C22H23N3O5/c26-22(23-14-17(18-4-3-9-27-18)25-7-1-2-8-25)16-13-20(30-24-16)15-5-6-19-21(12-15)29-11-10-28-19/h3-6,9,12-13,17H,1-2,7-8,10-11,14H2,(H,23,26). The number of carbonyl (C=O) groups excluding carboxylic acids is 1. The van der Waals surface area contributed by atoms with Gasteiger partial charge in [-0.3, -0.25) is 9.69 Å². The van der Waals surface area contributed by atoms with Gasteiger partial charge in [0.05, 0.1) is 12.3 Å². The molecule has 1 amide bonds. The Morgan fingerprint density at radius 3 is 2.73 bits per heavy atom. The quantitative estimate of drug-likeness (QED) is 0.668. The van der Waals surface area contributed by atoms with Crippen LogP contribution in [0, 0.1) is 0 Å². The van der Waals surface area contributed by atoms with Crippen LogP contribution < -0.4 is 14.8 Å². The topological polar surface area (TPSA) is 90.0 Å². The van der Waals surface area contributed by atoms with Crippen molar-refractivity contribution < 1.29 is 23.2 Å². The number of nitrogens with zero attached hydrogens (tertiary/aromatic N) is 2. The number of furan rings is 1. The van der Waals surface area contributed by atoms with Crippen molar-refractivity contribution in [3.63, 3.8) is 0 Å². The number of ether oxygens (including phenoxy) is 2. The van der Waals surface area contributed by atoms with E-state index < -0.39 is 0 Å². The van der Waals surface area contributed by atoms with Crippen LogP contribution in [0.2, 0.25) is 0 Å². The van der Waals surface area contributed by atoms with Crippen molar-refractivity contribution >= 4 is 5.91 Å². The Kier molecular flexibility index (Phi) is 5.15. The first kappa shape index (κ1) is 18.7. The van der Waals surface area contributed by atoms with Gasteiger partial charge in [0.25, 0.3) is 5.91 Å². The van der Waals surface area contributed by atoms with Crippen LogP contribution in [0.4, 0.5) is 0 Å². The summed E-state index contributed by atoms with van der Waals surface area (Å²) in [6.07, 6.45) is 3.98. The van der Waals surface area contributed by atoms with E-state index in [2.05, 4.69) is 15.4 Å². The van der Waals surface area contributed by atoms with Gasteiger partial charge in [-0.2, -0.15) is 0 Å². The molecule has 0 aliphatic carbocycles. The maximum Gasteiger partial charge on any atom is 0.273 e. The number of hydrogen-bond donors (Lipinski definition) is 1. The molecule has 0 bridgehead atoms. The minimum absolute atomic E-state index is 0.00983. The van der Waals surface area contributed by atoms with Crippen molar-refractivity contribution in [3.8, 4) is 22.8 Å². The molecule has 1 aromatic carbocycles. The number of aromatic nitrogens is 1. The maximum atomic E-state index is 12.7. The molecule has 4 heterocycles. The van der Waals surface area contributed by atoms with Crippen molar-refractivity contribution in [2.45, 2.75) is 18.9 Å². The number of fused-ring (bicyclic) bond motifs is 1.